The van der Waals surface area contributed by atoms with E-state index in [0.717, 1.165) is 43.1 Å². The van der Waals surface area contributed by atoms with Crippen LogP contribution in [0.2, 0.25) is 0 Å². The molecule has 132 valence electrons. The van der Waals surface area contributed by atoms with Gasteiger partial charge in [0.05, 0.1) is 5.69 Å². The Kier molecular flexibility index (Phi) is 5.55. The Morgan fingerprint density at radius 1 is 1.20 bits per heavy atom. The molecule has 3 rings (SSSR count). The first-order valence-corrected chi connectivity index (χ1v) is 9.50. The molecule has 1 aliphatic rings. The third-order valence-electron chi connectivity index (χ3n) is 4.36. The number of Topliss-reactive ketones (excluding diaryl/α,β-unsaturated/α-hetero) is 1. The van der Waals surface area contributed by atoms with Gasteiger partial charge in [-0.1, -0.05) is 11.8 Å². The van der Waals surface area contributed by atoms with Gasteiger partial charge < -0.3 is 9.88 Å². The van der Waals surface area contributed by atoms with Crippen LogP contribution in [0.25, 0.3) is 0 Å². The van der Waals surface area contributed by atoms with Crippen LogP contribution < -0.4 is 10.5 Å². The Hall–Kier alpha value is -2.12. The summed E-state index contributed by atoms with van der Waals surface area (Å²) in [6.07, 6.45) is 1.90. The molecule has 2 aromatic rings. The lowest BCUT2D eigenvalue weighted by molar-refractivity contribution is 0.101. The number of rotatable bonds is 5. The topological polar surface area (TPSA) is 69.3 Å². The van der Waals surface area contributed by atoms with Crippen molar-refractivity contribution in [2.45, 2.75) is 18.6 Å². The molecule has 1 aromatic carbocycles. The summed E-state index contributed by atoms with van der Waals surface area (Å²) in [5, 5.41) is 0.659. The first kappa shape index (κ1) is 17.7. The van der Waals surface area contributed by atoms with Crippen molar-refractivity contribution < 1.29 is 4.79 Å². The predicted molar refractivity (Wildman–Crippen MR) is 101 cm³/mol. The van der Waals surface area contributed by atoms with Gasteiger partial charge in [0.15, 0.2) is 10.9 Å². The summed E-state index contributed by atoms with van der Waals surface area (Å²) in [6, 6.07) is 9.36. The third-order valence-corrected chi connectivity index (χ3v) is 4.94. The molecule has 0 amide bonds. The van der Waals surface area contributed by atoms with Crippen molar-refractivity contribution in [3.8, 4) is 0 Å². The van der Waals surface area contributed by atoms with Crippen LogP contribution in [0.15, 0.2) is 40.3 Å². The van der Waals surface area contributed by atoms with Gasteiger partial charge >= 0.3 is 0 Å². The molecule has 1 fully saturated rings. The number of piperazine rings is 1. The highest BCUT2D eigenvalue weighted by molar-refractivity contribution is 7.98. The van der Waals surface area contributed by atoms with Crippen LogP contribution >= 0.6 is 11.8 Å². The van der Waals surface area contributed by atoms with Crippen molar-refractivity contribution in [1.82, 2.24) is 14.9 Å². The molecule has 1 aliphatic heterocycles. The first-order valence-electron chi connectivity index (χ1n) is 8.27. The third kappa shape index (κ3) is 4.49. The Balaban J connectivity index is 1.59. The molecule has 0 bridgehead atoms. The number of anilines is 1. The van der Waals surface area contributed by atoms with Crippen molar-refractivity contribution in [3.63, 3.8) is 0 Å². The van der Waals surface area contributed by atoms with Crippen molar-refractivity contribution in [2.75, 3.05) is 37.3 Å². The van der Waals surface area contributed by atoms with E-state index in [4.69, 9.17) is 0 Å². The normalized spacial score (nSPS) is 15.4. The fraction of sp³-hybridized carbons (Fsp3) is 0.389. The lowest BCUT2D eigenvalue weighted by atomic mass is 10.1. The van der Waals surface area contributed by atoms with Crippen LogP contribution in [-0.2, 0) is 6.54 Å². The van der Waals surface area contributed by atoms with Crippen LogP contribution in [0.5, 0.6) is 0 Å². The average Bonchev–Trinajstić information content (AvgIpc) is 2.62. The zero-order valence-corrected chi connectivity index (χ0v) is 15.3. The molecule has 1 aromatic heterocycles. The molecule has 6 nitrogen and oxygen atoms in total. The average molecular weight is 358 g/mol. The summed E-state index contributed by atoms with van der Waals surface area (Å²) in [6.45, 7) is 5.93. The molecule has 0 spiro atoms. The van der Waals surface area contributed by atoms with E-state index in [1.54, 1.807) is 13.0 Å². The second-order valence-corrected chi connectivity index (χ2v) is 6.91. The molecule has 1 N–H and O–H groups in total. The SMILES string of the molecule is CSc1nc(CN2CCN(c3ccc(C(C)=O)cc3)CC2)cc(=O)[nH]1. The lowest BCUT2D eigenvalue weighted by Gasteiger charge is -2.36. The zero-order chi connectivity index (χ0) is 17.8. The van der Waals surface area contributed by atoms with Gasteiger partial charge in [-0.05, 0) is 37.4 Å². The quantitative estimate of drug-likeness (QED) is 0.501. The molecule has 0 atom stereocenters. The number of nitrogens with zero attached hydrogens (tertiary/aromatic N) is 3. The van der Waals surface area contributed by atoms with Gasteiger partial charge in [0.1, 0.15) is 0 Å². The van der Waals surface area contributed by atoms with Crippen LogP contribution in [0.1, 0.15) is 23.0 Å². The second kappa shape index (κ2) is 7.84. The number of carbonyl (C=O) groups is 1. The van der Waals surface area contributed by atoms with Crippen molar-refractivity contribution in [3.05, 3.63) is 51.9 Å². The molecule has 0 saturated carbocycles. The minimum atomic E-state index is -0.0986. The van der Waals surface area contributed by atoms with E-state index in [2.05, 4.69) is 19.8 Å². The number of H-pyrrole nitrogens is 1. The summed E-state index contributed by atoms with van der Waals surface area (Å²) in [4.78, 5) is 34.9. The van der Waals surface area contributed by atoms with Gasteiger partial charge in [-0.15, -0.1) is 0 Å². The predicted octanol–water partition coefficient (Wildman–Crippen LogP) is 2.02. The second-order valence-electron chi connectivity index (χ2n) is 6.11. The number of hydrogen-bond acceptors (Lipinski definition) is 6. The van der Waals surface area contributed by atoms with E-state index in [-0.39, 0.29) is 11.3 Å². The molecule has 25 heavy (non-hydrogen) atoms. The molecule has 0 aliphatic carbocycles. The van der Waals surface area contributed by atoms with Gasteiger partial charge in [0, 0.05) is 50.0 Å². The van der Waals surface area contributed by atoms with Gasteiger partial charge in [0.25, 0.3) is 5.56 Å². The van der Waals surface area contributed by atoms with Gasteiger partial charge in [-0.3, -0.25) is 14.5 Å². The highest BCUT2D eigenvalue weighted by Crippen LogP contribution is 2.18. The van der Waals surface area contributed by atoms with Crippen LogP contribution in [-0.4, -0.2) is 53.1 Å². The maximum Gasteiger partial charge on any atom is 0.251 e. The smallest absolute Gasteiger partial charge is 0.251 e. The zero-order valence-electron chi connectivity index (χ0n) is 14.5. The fourth-order valence-electron chi connectivity index (χ4n) is 2.96. The van der Waals surface area contributed by atoms with Crippen molar-refractivity contribution >= 4 is 23.2 Å². The maximum absolute atomic E-state index is 11.7. The summed E-state index contributed by atoms with van der Waals surface area (Å²) >= 11 is 1.44. The monoisotopic (exact) mass is 358 g/mol. The van der Waals surface area contributed by atoms with E-state index in [1.165, 1.54) is 11.8 Å². The number of carbonyl (C=O) groups excluding carboxylic acids is 1. The summed E-state index contributed by atoms with van der Waals surface area (Å²) < 4.78 is 0. The number of aromatic amines is 1. The highest BCUT2D eigenvalue weighted by Gasteiger charge is 2.18. The highest BCUT2D eigenvalue weighted by atomic mass is 32.2. The van der Waals surface area contributed by atoms with Crippen molar-refractivity contribution in [2.24, 2.45) is 0 Å². The Labute approximate surface area is 151 Å². The van der Waals surface area contributed by atoms with Gasteiger partial charge in [-0.2, -0.15) is 0 Å². The number of benzene rings is 1. The number of nitrogens with one attached hydrogen (secondary N) is 1. The fourth-order valence-corrected chi connectivity index (χ4v) is 3.37. The minimum Gasteiger partial charge on any atom is -0.369 e. The maximum atomic E-state index is 11.7. The van der Waals surface area contributed by atoms with Crippen molar-refractivity contribution in [1.29, 1.82) is 0 Å². The van der Waals surface area contributed by atoms with Crippen LogP contribution in [0, 0.1) is 0 Å². The largest absolute Gasteiger partial charge is 0.369 e. The number of aromatic nitrogens is 2. The number of hydrogen-bond donors (Lipinski definition) is 1. The Bertz CT molecular complexity index is 795. The van der Waals surface area contributed by atoms with E-state index in [9.17, 15) is 9.59 Å². The van der Waals surface area contributed by atoms with Crippen LogP contribution in [0.3, 0.4) is 0 Å². The Morgan fingerprint density at radius 2 is 1.88 bits per heavy atom. The first-order chi connectivity index (χ1) is 12.0. The number of ketones is 1. The minimum absolute atomic E-state index is 0.0892. The molecule has 0 unspecified atom stereocenters. The summed E-state index contributed by atoms with van der Waals surface area (Å²) in [7, 11) is 0. The molecular formula is C18H22N4O2S. The standard InChI is InChI=1S/C18H22N4O2S/c1-13(23)14-3-5-16(6-4-14)22-9-7-21(8-10-22)12-15-11-17(24)20-18(19-15)25-2/h3-6,11H,7-10,12H2,1-2H3,(H,19,20,24). The van der Waals surface area contributed by atoms with E-state index < -0.39 is 0 Å². The van der Waals surface area contributed by atoms with Gasteiger partial charge in [-0.25, -0.2) is 4.98 Å². The summed E-state index contributed by atoms with van der Waals surface area (Å²) in [5.41, 5.74) is 2.60. The summed E-state index contributed by atoms with van der Waals surface area (Å²) in [5.74, 6) is 0.0892. The van der Waals surface area contributed by atoms with E-state index >= 15 is 0 Å². The molecule has 0 radical (unpaired) electrons. The van der Waals surface area contributed by atoms with E-state index in [0.29, 0.717) is 11.7 Å². The molecular weight excluding hydrogens is 336 g/mol. The molecule has 2 heterocycles. The molecule has 7 heteroatoms. The lowest BCUT2D eigenvalue weighted by Crippen LogP contribution is -2.46. The Morgan fingerprint density at radius 3 is 2.48 bits per heavy atom. The van der Waals surface area contributed by atoms with Gasteiger partial charge in [0.2, 0.25) is 0 Å². The van der Waals surface area contributed by atoms with E-state index in [1.807, 2.05) is 30.5 Å². The van der Waals surface area contributed by atoms with Crippen LogP contribution in [0.4, 0.5) is 5.69 Å². The number of thioether (sulfide) groups is 1. The molecule has 1 saturated heterocycles.